The van der Waals surface area contributed by atoms with E-state index < -0.39 is 0 Å². The highest BCUT2D eigenvalue weighted by atomic mass is 16.1. The van der Waals surface area contributed by atoms with Gasteiger partial charge in [-0.15, -0.1) is 0 Å². The number of carbonyl (C=O) groups is 1. The first-order valence-corrected chi connectivity index (χ1v) is 9.32. The number of nitrogens with zero attached hydrogens (tertiary/aromatic N) is 4. The van der Waals surface area contributed by atoms with Crippen molar-refractivity contribution >= 4 is 17.5 Å². The van der Waals surface area contributed by atoms with Crippen molar-refractivity contribution in [2.45, 2.75) is 66.1 Å². The molecule has 0 atom stereocenters. The van der Waals surface area contributed by atoms with E-state index in [1.165, 1.54) is 4.52 Å². The Hall–Kier alpha value is -2.21. The van der Waals surface area contributed by atoms with E-state index >= 15 is 0 Å². The molecule has 6 heteroatoms. The first-order valence-electron chi connectivity index (χ1n) is 9.32. The molecule has 0 unspecified atom stereocenters. The molecule has 0 fully saturated rings. The van der Waals surface area contributed by atoms with Crippen molar-refractivity contribution in [3.8, 4) is 0 Å². The zero-order chi connectivity index (χ0) is 19.4. The van der Waals surface area contributed by atoms with Gasteiger partial charge in [-0.2, -0.15) is 9.61 Å². The second-order valence-corrected chi connectivity index (χ2v) is 7.02. The predicted molar refractivity (Wildman–Crippen MR) is 105 cm³/mol. The van der Waals surface area contributed by atoms with Gasteiger partial charge in [-0.05, 0) is 39.8 Å². The number of hydrogen-bond acceptors (Lipinski definition) is 4. The van der Waals surface area contributed by atoms with E-state index in [-0.39, 0.29) is 17.9 Å². The smallest absolute Gasteiger partial charge is 0.279 e. The van der Waals surface area contributed by atoms with Crippen LogP contribution in [0.15, 0.2) is 17.4 Å². The Balaban J connectivity index is 2.73. The number of ketones is 1. The Labute approximate surface area is 155 Å². The Morgan fingerprint density at radius 1 is 1.38 bits per heavy atom. The third kappa shape index (κ3) is 3.96. The van der Waals surface area contributed by atoms with Crippen molar-refractivity contribution in [2.75, 3.05) is 7.05 Å². The second kappa shape index (κ2) is 8.45. The number of Topliss-reactive ketones (excluding diaryl/α,β-unsaturated/α-hetero) is 1. The largest absolute Gasteiger partial charge is 0.318 e. The van der Waals surface area contributed by atoms with Crippen LogP contribution in [0.4, 0.5) is 0 Å². The molecule has 0 spiro atoms. The summed E-state index contributed by atoms with van der Waals surface area (Å²) in [5.74, 6) is 0.142. The van der Waals surface area contributed by atoms with Crippen molar-refractivity contribution in [1.82, 2.24) is 19.1 Å². The lowest BCUT2D eigenvalue weighted by atomic mass is 10.1. The molecular formula is C20H30N4O2. The van der Waals surface area contributed by atoms with Crippen molar-refractivity contribution in [3.63, 3.8) is 0 Å². The molecule has 0 aliphatic rings. The average molecular weight is 358 g/mol. The average Bonchev–Trinajstić information content (AvgIpc) is 3.03. The fourth-order valence-corrected chi connectivity index (χ4v) is 2.97. The number of hydrogen-bond donors (Lipinski definition) is 0. The molecule has 0 aliphatic heterocycles. The van der Waals surface area contributed by atoms with Crippen LogP contribution >= 0.6 is 0 Å². The maximum absolute atomic E-state index is 13.1. The van der Waals surface area contributed by atoms with E-state index in [1.807, 2.05) is 31.5 Å². The molecule has 2 heterocycles. The van der Waals surface area contributed by atoms with Crippen LogP contribution in [0.2, 0.25) is 0 Å². The fourth-order valence-electron chi connectivity index (χ4n) is 2.97. The molecule has 2 aromatic rings. The van der Waals surface area contributed by atoms with Gasteiger partial charge in [0.2, 0.25) is 0 Å². The molecule has 0 radical (unpaired) electrons. The topological polar surface area (TPSA) is 59.6 Å². The molecule has 2 aromatic heterocycles. The van der Waals surface area contributed by atoms with Gasteiger partial charge in [0.15, 0.2) is 5.78 Å². The molecule has 0 bridgehead atoms. The van der Waals surface area contributed by atoms with Gasteiger partial charge >= 0.3 is 0 Å². The summed E-state index contributed by atoms with van der Waals surface area (Å²) in [5, 5.41) is 4.45. The third-order valence-corrected chi connectivity index (χ3v) is 4.78. The van der Waals surface area contributed by atoms with Crippen LogP contribution in [0.3, 0.4) is 0 Å². The fraction of sp³-hybridized carbons (Fsp3) is 0.550. The summed E-state index contributed by atoms with van der Waals surface area (Å²) in [6.07, 6.45) is 3.74. The maximum Gasteiger partial charge on any atom is 0.279 e. The lowest BCUT2D eigenvalue weighted by molar-refractivity contribution is -0.119. The maximum atomic E-state index is 13.1. The Bertz CT molecular complexity index is 861. The van der Waals surface area contributed by atoms with Crippen molar-refractivity contribution in [3.05, 3.63) is 40.0 Å². The molecule has 6 nitrogen and oxygen atoms in total. The summed E-state index contributed by atoms with van der Waals surface area (Å²) in [6.45, 7) is 12.8. The van der Waals surface area contributed by atoms with Crippen LogP contribution in [0.5, 0.6) is 0 Å². The van der Waals surface area contributed by atoms with Crippen LogP contribution in [0.25, 0.3) is 11.7 Å². The first kappa shape index (κ1) is 20.1. The number of fused-ring (bicyclic) bond motifs is 1. The molecular weight excluding hydrogens is 328 g/mol. The van der Waals surface area contributed by atoms with E-state index in [1.54, 1.807) is 6.08 Å². The van der Waals surface area contributed by atoms with Gasteiger partial charge in [-0.1, -0.05) is 20.4 Å². The van der Waals surface area contributed by atoms with Gasteiger partial charge in [-0.3, -0.25) is 14.5 Å². The minimum atomic E-state index is -0.138. The standard InChI is InChI=1S/C20H30N4O2/c1-7-10-16(25)12-23-18(9-3)17(13-22(6)14(4)5)20(26)24-19(23)11-15(8-2)21-24/h9,11,14H,3,7-8,10,12-13H2,1-2,4-6H3. The summed E-state index contributed by atoms with van der Waals surface area (Å²) in [5.41, 5.74) is 2.69. The zero-order valence-electron chi connectivity index (χ0n) is 16.6. The second-order valence-electron chi connectivity index (χ2n) is 7.02. The zero-order valence-corrected chi connectivity index (χ0v) is 16.6. The molecule has 0 N–H and O–H groups in total. The van der Waals surface area contributed by atoms with E-state index in [4.69, 9.17) is 0 Å². The highest BCUT2D eigenvalue weighted by Crippen LogP contribution is 2.17. The first-order chi connectivity index (χ1) is 12.3. The summed E-state index contributed by atoms with van der Waals surface area (Å²) in [6, 6.07) is 2.19. The highest BCUT2D eigenvalue weighted by Gasteiger charge is 2.20. The van der Waals surface area contributed by atoms with Gasteiger partial charge in [-0.25, -0.2) is 0 Å². The van der Waals surface area contributed by atoms with Crippen LogP contribution in [-0.2, 0) is 24.3 Å². The van der Waals surface area contributed by atoms with Crippen molar-refractivity contribution < 1.29 is 4.79 Å². The minimum Gasteiger partial charge on any atom is -0.318 e. The van der Waals surface area contributed by atoms with Crippen molar-refractivity contribution in [1.29, 1.82) is 0 Å². The number of aromatic nitrogens is 3. The lowest BCUT2D eigenvalue weighted by Crippen LogP contribution is -2.33. The molecule has 0 amide bonds. The Morgan fingerprint density at radius 2 is 2.08 bits per heavy atom. The molecule has 0 saturated heterocycles. The van der Waals surface area contributed by atoms with E-state index in [0.29, 0.717) is 35.9 Å². The van der Waals surface area contributed by atoms with Crippen LogP contribution in [-0.4, -0.2) is 38.0 Å². The number of rotatable bonds is 9. The molecule has 0 aliphatic carbocycles. The third-order valence-electron chi connectivity index (χ3n) is 4.78. The SMILES string of the molecule is C=Cc1c(CN(C)C(C)C)c(=O)n2nc(CC)cc2n1CC(=O)CCC. The van der Waals surface area contributed by atoms with E-state index in [9.17, 15) is 9.59 Å². The van der Waals surface area contributed by atoms with E-state index in [2.05, 4.69) is 30.4 Å². The van der Waals surface area contributed by atoms with Crippen molar-refractivity contribution in [2.24, 2.45) is 0 Å². The van der Waals surface area contributed by atoms with Crippen LogP contribution in [0, 0.1) is 0 Å². The molecule has 26 heavy (non-hydrogen) atoms. The molecule has 142 valence electrons. The molecule has 0 aromatic carbocycles. The molecule has 2 rings (SSSR count). The van der Waals surface area contributed by atoms with Gasteiger partial charge in [0, 0.05) is 25.1 Å². The minimum absolute atomic E-state index is 0.138. The predicted octanol–water partition coefficient (Wildman–Crippen LogP) is 2.91. The number of aryl methyl sites for hydroxylation is 1. The Kier molecular flexibility index (Phi) is 6.53. The summed E-state index contributed by atoms with van der Waals surface area (Å²) in [4.78, 5) is 27.5. The molecule has 0 saturated carbocycles. The lowest BCUT2D eigenvalue weighted by Gasteiger charge is -2.23. The monoisotopic (exact) mass is 358 g/mol. The van der Waals surface area contributed by atoms with Gasteiger partial charge in [0.05, 0.1) is 23.5 Å². The summed E-state index contributed by atoms with van der Waals surface area (Å²) >= 11 is 0. The van der Waals surface area contributed by atoms with Crippen LogP contribution < -0.4 is 5.56 Å². The summed E-state index contributed by atoms with van der Waals surface area (Å²) in [7, 11) is 1.98. The van der Waals surface area contributed by atoms with E-state index in [0.717, 1.165) is 18.5 Å². The van der Waals surface area contributed by atoms with Gasteiger partial charge in [0.25, 0.3) is 5.56 Å². The van der Waals surface area contributed by atoms with Crippen LogP contribution in [0.1, 0.15) is 57.5 Å². The normalized spacial score (nSPS) is 11.7. The Morgan fingerprint density at radius 3 is 2.62 bits per heavy atom. The number of carbonyl (C=O) groups excluding carboxylic acids is 1. The summed E-state index contributed by atoms with van der Waals surface area (Å²) < 4.78 is 3.33. The van der Waals surface area contributed by atoms with Gasteiger partial charge < -0.3 is 4.57 Å². The van der Waals surface area contributed by atoms with Gasteiger partial charge in [0.1, 0.15) is 5.65 Å². The quantitative estimate of drug-likeness (QED) is 0.691. The highest BCUT2D eigenvalue weighted by molar-refractivity contribution is 5.79.